The molecule has 0 aliphatic carbocycles. The molecule has 7 heteroatoms. The van der Waals surface area contributed by atoms with E-state index < -0.39 is 11.0 Å². The minimum Gasteiger partial charge on any atom is -0.491 e. The molecule has 0 radical (unpaired) electrons. The molecule has 20 heavy (non-hydrogen) atoms. The van der Waals surface area contributed by atoms with Crippen molar-refractivity contribution in [1.29, 1.82) is 0 Å². The Kier molecular flexibility index (Phi) is 6.92. The number of nitrogens with zero attached hydrogens (tertiary/aromatic N) is 1. The Morgan fingerprint density at radius 2 is 2.25 bits per heavy atom. The fraction of sp³-hybridized carbons (Fsp3) is 0.538. The van der Waals surface area contributed by atoms with Gasteiger partial charge in [-0.05, 0) is 13.0 Å². The van der Waals surface area contributed by atoms with Crippen LogP contribution < -0.4 is 10.1 Å². The van der Waals surface area contributed by atoms with Gasteiger partial charge in [-0.2, -0.15) is 0 Å². The maximum atomic E-state index is 10.8. The van der Waals surface area contributed by atoms with Crippen molar-refractivity contribution >= 4 is 5.69 Å². The van der Waals surface area contributed by atoms with Gasteiger partial charge in [0.1, 0.15) is 12.4 Å². The molecule has 0 bridgehead atoms. The third-order valence-electron chi connectivity index (χ3n) is 2.53. The van der Waals surface area contributed by atoms with Crippen molar-refractivity contribution in [2.45, 2.75) is 19.6 Å². The highest BCUT2D eigenvalue weighted by molar-refractivity contribution is 5.43. The zero-order valence-electron chi connectivity index (χ0n) is 11.7. The molecule has 0 saturated heterocycles. The van der Waals surface area contributed by atoms with Crippen molar-refractivity contribution in [3.63, 3.8) is 0 Å². The van der Waals surface area contributed by atoms with Crippen LogP contribution in [-0.4, -0.2) is 43.0 Å². The van der Waals surface area contributed by atoms with Gasteiger partial charge < -0.3 is 19.9 Å². The van der Waals surface area contributed by atoms with Crippen LogP contribution in [0.25, 0.3) is 0 Å². The highest BCUT2D eigenvalue weighted by Crippen LogP contribution is 2.24. The standard InChI is InChI=1S/C13H20N2O5/c1-10(16)9-20-13-4-3-12(15(17)18)7-11(13)8-14-5-6-19-2/h3-4,7,10,14,16H,5-6,8-9H2,1-2H3. The minimum absolute atomic E-state index is 0.0120. The molecule has 0 spiro atoms. The topological polar surface area (TPSA) is 93.9 Å². The van der Waals surface area contributed by atoms with Crippen LogP contribution in [0, 0.1) is 10.1 Å². The highest BCUT2D eigenvalue weighted by atomic mass is 16.6. The maximum Gasteiger partial charge on any atom is 0.270 e. The Hall–Kier alpha value is -1.70. The van der Waals surface area contributed by atoms with Crippen LogP contribution in [0.3, 0.4) is 0 Å². The molecule has 2 N–H and O–H groups in total. The van der Waals surface area contributed by atoms with E-state index in [-0.39, 0.29) is 12.3 Å². The maximum absolute atomic E-state index is 10.8. The second-order valence-electron chi connectivity index (χ2n) is 4.38. The van der Waals surface area contributed by atoms with Crippen LogP contribution in [-0.2, 0) is 11.3 Å². The number of aliphatic hydroxyl groups excluding tert-OH is 1. The van der Waals surface area contributed by atoms with Gasteiger partial charge >= 0.3 is 0 Å². The number of nitrogens with one attached hydrogen (secondary N) is 1. The minimum atomic E-state index is -0.598. The first kappa shape index (κ1) is 16.4. The number of nitro groups is 1. The Morgan fingerprint density at radius 1 is 1.50 bits per heavy atom. The number of hydrogen-bond donors (Lipinski definition) is 2. The van der Waals surface area contributed by atoms with Gasteiger partial charge in [0.2, 0.25) is 0 Å². The van der Waals surface area contributed by atoms with Gasteiger partial charge in [-0.3, -0.25) is 10.1 Å². The fourth-order valence-electron chi connectivity index (χ4n) is 1.57. The molecule has 0 aliphatic rings. The van der Waals surface area contributed by atoms with E-state index >= 15 is 0 Å². The quantitative estimate of drug-likeness (QED) is 0.400. The molecule has 112 valence electrons. The molecule has 0 aliphatic heterocycles. The summed E-state index contributed by atoms with van der Waals surface area (Å²) in [6.45, 7) is 3.37. The average Bonchev–Trinajstić information content (AvgIpc) is 2.41. The number of non-ortho nitro benzene ring substituents is 1. The smallest absolute Gasteiger partial charge is 0.270 e. The lowest BCUT2D eigenvalue weighted by molar-refractivity contribution is -0.384. The van der Waals surface area contributed by atoms with Crippen LogP contribution in [0.5, 0.6) is 5.75 Å². The van der Waals surface area contributed by atoms with Crippen LogP contribution in [0.15, 0.2) is 18.2 Å². The van der Waals surface area contributed by atoms with Crippen molar-refractivity contribution in [1.82, 2.24) is 5.32 Å². The summed E-state index contributed by atoms with van der Waals surface area (Å²) in [5.74, 6) is 0.529. The van der Waals surface area contributed by atoms with Crippen molar-refractivity contribution in [2.75, 3.05) is 26.9 Å². The molecule has 1 aromatic carbocycles. The first-order chi connectivity index (χ1) is 9.54. The molecule has 7 nitrogen and oxygen atoms in total. The monoisotopic (exact) mass is 284 g/mol. The summed E-state index contributed by atoms with van der Waals surface area (Å²) in [6, 6.07) is 4.40. The second kappa shape index (κ2) is 8.47. The van der Waals surface area contributed by atoms with E-state index in [9.17, 15) is 15.2 Å². The highest BCUT2D eigenvalue weighted by Gasteiger charge is 2.12. The van der Waals surface area contributed by atoms with Crippen molar-refractivity contribution in [3.8, 4) is 5.75 Å². The molecule has 0 aromatic heterocycles. The third-order valence-corrected chi connectivity index (χ3v) is 2.53. The number of benzene rings is 1. The molecule has 1 rings (SSSR count). The molecule has 1 unspecified atom stereocenters. The number of nitro benzene ring substituents is 1. The van der Waals surface area contributed by atoms with E-state index in [1.54, 1.807) is 20.1 Å². The number of aliphatic hydroxyl groups is 1. The third kappa shape index (κ3) is 5.52. The SMILES string of the molecule is COCCNCc1cc([N+](=O)[O-])ccc1OCC(C)O. The Balaban J connectivity index is 2.77. The molecule has 1 atom stereocenters. The number of hydrogen-bond acceptors (Lipinski definition) is 6. The lowest BCUT2D eigenvalue weighted by Gasteiger charge is -2.13. The normalized spacial score (nSPS) is 12.2. The molecule has 0 fully saturated rings. The largest absolute Gasteiger partial charge is 0.491 e. The Bertz CT molecular complexity index is 437. The molecule has 0 heterocycles. The van der Waals surface area contributed by atoms with Crippen LogP contribution >= 0.6 is 0 Å². The van der Waals surface area contributed by atoms with Crippen molar-refractivity contribution < 1.29 is 19.5 Å². The van der Waals surface area contributed by atoms with E-state index in [2.05, 4.69) is 5.32 Å². The van der Waals surface area contributed by atoms with E-state index in [0.717, 1.165) is 0 Å². The first-order valence-corrected chi connectivity index (χ1v) is 6.32. The van der Waals surface area contributed by atoms with Gasteiger partial charge in [-0.15, -0.1) is 0 Å². The Morgan fingerprint density at radius 3 is 2.85 bits per heavy atom. The summed E-state index contributed by atoms with van der Waals surface area (Å²) in [5.41, 5.74) is 0.689. The summed E-state index contributed by atoms with van der Waals surface area (Å²) < 4.78 is 10.4. The molecule has 1 aromatic rings. The summed E-state index contributed by atoms with van der Waals surface area (Å²) in [7, 11) is 1.60. The average molecular weight is 284 g/mol. The second-order valence-corrected chi connectivity index (χ2v) is 4.38. The van der Waals surface area contributed by atoms with E-state index in [1.807, 2.05) is 0 Å². The van der Waals surface area contributed by atoms with Gasteiger partial charge in [0.15, 0.2) is 0 Å². The van der Waals surface area contributed by atoms with Crippen LogP contribution in [0.2, 0.25) is 0 Å². The van der Waals surface area contributed by atoms with Crippen molar-refractivity contribution in [2.24, 2.45) is 0 Å². The summed E-state index contributed by atoms with van der Waals surface area (Å²) in [4.78, 5) is 10.3. The van der Waals surface area contributed by atoms with E-state index in [4.69, 9.17) is 9.47 Å². The zero-order valence-corrected chi connectivity index (χ0v) is 11.7. The lowest BCUT2D eigenvalue weighted by Crippen LogP contribution is -2.20. The first-order valence-electron chi connectivity index (χ1n) is 6.32. The summed E-state index contributed by atoms with van der Waals surface area (Å²) in [5, 5.41) is 23.1. The van der Waals surface area contributed by atoms with Gasteiger partial charge in [0.25, 0.3) is 5.69 Å². The van der Waals surface area contributed by atoms with Gasteiger partial charge in [0, 0.05) is 37.9 Å². The summed E-state index contributed by atoms with van der Waals surface area (Å²) >= 11 is 0. The molecular formula is C13H20N2O5. The Labute approximate surface area is 117 Å². The fourth-order valence-corrected chi connectivity index (χ4v) is 1.57. The number of methoxy groups -OCH3 is 1. The van der Waals surface area contributed by atoms with Gasteiger partial charge in [0.05, 0.1) is 17.6 Å². The summed E-state index contributed by atoms with van der Waals surface area (Å²) in [6.07, 6.45) is -0.598. The predicted octanol–water partition coefficient (Wildman–Crippen LogP) is 1.09. The molecular weight excluding hydrogens is 264 g/mol. The predicted molar refractivity (Wildman–Crippen MR) is 73.9 cm³/mol. The number of rotatable bonds is 9. The van der Waals surface area contributed by atoms with Crippen molar-refractivity contribution in [3.05, 3.63) is 33.9 Å². The van der Waals surface area contributed by atoms with Crippen LogP contribution in [0.4, 0.5) is 5.69 Å². The molecule has 0 amide bonds. The van der Waals surface area contributed by atoms with Gasteiger partial charge in [-0.1, -0.05) is 0 Å². The molecule has 0 saturated carbocycles. The van der Waals surface area contributed by atoms with Gasteiger partial charge in [-0.25, -0.2) is 0 Å². The van der Waals surface area contributed by atoms with E-state index in [1.165, 1.54) is 12.1 Å². The van der Waals surface area contributed by atoms with E-state index in [0.29, 0.717) is 31.0 Å². The lowest BCUT2D eigenvalue weighted by atomic mass is 10.1. The van der Waals surface area contributed by atoms with Crippen LogP contribution in [0.1, 0.15) is 12.5 Å². The zero-order chi connectivity index (χ0) is 15.0. The number of ether oxygens (including phenoxy) is 2.